The number of aromatic nitrogens is 3. The highest BCUT2D eigenvalue weighted by atomic mass is 19.1. The molecule has 1 saturated heterocycles. The number of pyridine rings is 2. The lowest BCUT2D eigenvalue weighted by Crippen LogP contribution is -2.43. The first kappa shape index (κ1) is 17.9. The Morgan fingerprint density at radius 2 is 2.07 bits per heavy atom. The molecule has 0 aromatic carbocycles. The summed E-state index contributed by atoms with van der Waals surface area (Å²) in [6.07, 6.45) is 5.81. The number of fused-ring (bicyclic) bond motifs is 2. The van der Waals surface area contributed by atoms with Crippen LogP contribution < -0.4 is 20.4 Å². The van der Waals surface area contributed by atoms with E-state index in [4.69, 9.17) is 0 Å². The maximum atomic E-state index is 14.5. The number of nitrogens with zero attached hydrogens (tertiary/aromatic N) is 5. The van der Waals surface area contributed by atoms with Crippen molar-refractivity contribution in [2.75, 3.05) is 47.8 Å². The quantitative estimate of drug-likeness (QED) is 0.696. The van der Waals surface area contributed by atoms with Crippen molar-refractivity contribution in [3.05, 3.63) is 47.8 Å². The Morgan fingerprint density at radius 1 is 1.24 bits per heavy atom. The molecule has 2 aliphatic heterocycles. The van der Waals surface area contributed by atoms with Crippen LogP contribution in [-0.4, -0.2) is 53.1 Å². The van der Waals surface area contributed by atoms with Gasteiger partial charge in [-0.1, -0.05) is 0 Å². The summed E-state index contributed by atoms with van der Waals surface area (Å²) in [6.45, 7) is 6.10. The molecule has 0 radical (unpaired) electrons. The molecule has 8 nitrogen and oxygen atoms in total. The highest BCUT2D eigenvalue weighted by Crippen LogP contribution is 2.34. The van der Waals surface area contributed by atoms with Crippen LogP contribution in [0.1, 0.15) is 11.3 Å². The number of amides is 2. The summed E-state index contributed by atoms with van der Waals surface area (Å²) in [5.74, 6) is 0.136. The van der Waals surface area contributed by atoms with E-state index >= 15 is 0 Å². The molecule has 3 aromatic heterocycles. The third-order valence-electron chi connectivity index (χ3n) is 5.46. The van der Waals surface area contributed by atoms with Crippen LogP contribution in [0.4, 0.5) is 26.4 Å². The highest BCUT2D eigenvalue weighted by Gasteiger charge is 2.30. The molecule has 5 rings (SSSR count). The summed E-state index contributed by atoms with van der Waals surface area (Å²) in [6, 6.07) is 2.95. The van der Waals surface area contributed by atoms with Gasteiger partial charge in [-0.2, -0.15) is 0 Å². The largest absolute Gasteiger partial charge is 0.369 e. The third kappa shape index (κ3) is 3.17. The summed E-state index contributed by atoms with van der Waals surface area (Å²) < 4.78 is 16.2. The Labute approximate surface area is 167 Å². The molecule has 5 heterocycles. The predicted octanol–water partition coefficient (Wildman–Crippen LogP) is 2.18. The van der Waals surface area contributed by atoms with Gasteiger partial charge in [-0.15, -0.1) is 0 Å². The smallest absolute Gasteiger partial charge is 0.327 e. The average molecular weight is 395 g/mol. The van der Waals surface area contributed by atoms with Crippen LogP contribution >= 0.6 is 0 Å². The van der Waals surface area contributed by atoms with Crippen LogP contribution in [0.2, 0.25) is 0 Å². The molecule has 0 unspecified atom stereocenters. The number of piperazine rings is 1. The van der Waals surface area contributed by atoms with Crippen molar-refractivity contribution in [3.8, 4) is 0 Å². The van der Waals surface area contributed by atoms with E-state index in [1.165, 1.54) is 6.07 Å². The fourth-order valence-electron chi connectivity index (χ4n) is 4.08. The van der Waals surface area contributed by atoms with Crippen molar-refractivity contribution < 1.29 is 9.18 Å². The van der Waals surface area contributed by atoms with Crippen molar-refractivity contribution >= 4 is 28.9 Å². The average Bonchev–Trinajstić information content (AvgIpc) is 3.31. The van der Waals surface area contributed by atoms with Gasteiger partial charge in [0.2, 0.25) is 0 Å². The van der Waals surface area contributed by atoms with E-state index in [0.29, 0.717) is 18.0 Å². The van der Waals surface area contributed by atoms with E-state index in [-0.39, 0.29) is 11.7 Å². The number of halogens is 1. The first-order valence-corrected chi connectivity index (χ1v) is 9.77. The molecule has 0 saturated carbocycles. The number of urea groups is 1. The number of hydrogen-bond donors (Lipinski definition) is 2. The highest BCUT2D eigenvalue weighted by molar-refractivity contribution is 6.03. The van der Waals surface area contributed by atoms with E-state index in [1.807, 2.05) is 13.0 Å². The van der Waals surface area contributed by atoms with Crippen LogP contribution in [0.3, 0.4) is 0 Å². The molecule has 9 heteroatoms. The minimum atomic E-state index is -0.515. The van der Waals surface area contributed by atoms with Crippen molar-refractivity contribution in [2.24, 2.45) is 0 Å². The monoisotopic (exact) mass is 395 g/mol. The van der Waals surface area contributed by atoms with Gasteiger partial charge >= 0.3 is 6.03 Å². The van der Waals surface area contributed by atoms with Crippen molar-refractivity contribution in [3.63, 3.8) is 0 Å². The van der Waals surface area contributed by atoms with E-state index in [0.717, 1.165) is 49.5 Å². The Balaban J connectivity index is 1.41. The number of carbonyl (C=O) groups is 1. The van der Waals surface area contributed by atoms with E-state index in [2.05, 4.69) is 25.5 Å². The molecule has 29 heavy (non-hydrogen) atoms. The molecule has 1 fully saturated rings. The number of imidazole rings is 1. The summed E-state index contributed by atoms with van der Waals surface area (Å²) in [7, 11) is 0. The standard InChI is InChI=1S/C20H22FN7O/c1-13-11-27-12-16(15(21)10-18(27)24-13)25-20(29)28-7-3-14-17(2-4-23-19(14)28)26-8-5-22-6-9-26/h2,4,10-12,22H,3,5-9H2,1H3,(H,25,29). The van der Waals surface area contributed by atoms with Crippen molar-refractivity contribution in [1.29, 1.82) is 0 Å². The SMILES string of the molecule is Cc1cn2cc(NC(=O)N3CCc4c(N5CCNCC5)ccnc43)c(F)cc2n1. The topological polar surface area (TPSA) is 77.8 Å². The second kappa shape index (κ2) is 7.00. The molecule has 0 bridgehead atoms. The second-order valence-electron chi connectivity index (χ2n) is 7.38. The Morgan fingerprint density at radius 3 is 2.90 bits per heavy atom. The van der Waals surface area contributed by atoms with Gasteiger partial charge in [-0.3, -0.25) is 4.90 Å². The Kier molecular flexibility index (Phi) is 4.31. The summed E-state index contributed by atoms with van der Waals surface area (Å²) in [5, 5.41) is 6.05. The van der Waals surface area contributed by atoms with Gasteiger partial charge < -0.3 is 19.9 Å². The van der Waals surface area contributed by atoms with Crippen LogP contribution in [0.5, 0.6) is 0 Å². The zero-order valence-electron chi connectivity index (χ0n) is 16.2. The number of nitrogens with one attached hydrogen (secondary N) is 2. The fraction of sp³-hybridized carbons (Fsp3) is 0.350. The first-order valence-electron chi connectivity index (χ1n) is 9.77. The first-order chi connectivity index (χ1) is 14.1. The molecule has 3 aromatic rings. The summed E-state index contributed by atoms with van der Waals surface area (Å²) >= 11 is 0. The lowest BCUT2D eigenvalue weighted by atomic mass is 10.1. The molecular formula is C20H22FN7O. The van der Waals surface area contributed by atoms with Crippen LogP contribution in [0.15, 0.2) is 30.7 Å². The zero-order valence-corrected chi connectivity index (χ0v) is 16.2. The number of hydrogen-bond acceptors (Lipinski definition) is 5. The maximum Gasteiger partial charge on any atom is 0.327 e. The predicted molar refractivity (Wildman–Crippen MR) is 109 cm³/mol. The van der Waals surface area contributed by atoms with Gasteiger partial charge in [0.05, 0.1) is 11.4 Å². The molecule has 2 N–H and O–H groups in total. The third-order valence-corrected chi connectivity index (χ3v) is 5.46. The molecule has 0 spiro atoms. The van der Waals surface area contributed by atoms with E-state index in [9.17, 15) is 9.18 Å². The molecule has 0 atom stereocenters. The maximum absolute atomic E-state index is 14.5. The Bertz CT molecular complexity index is 1090. The molecule has 2 amide bonds. The lowest BCUT2D eigenvalue weighted by Gasteiger charge is -2.31. The fourth-order valence-corrected chi connectivity index (χ4v) is 4.08. The summed E-state index contributed by atoms with van der Waals surface area (Å²) in [5.41, 5.74) is 3.61. The number of rotatable bonds is 2. The van der Waals surface area contributed by atoms with Crippen molar-refractivity contribution in [1.82, 2.24) is 19.7 Å². The number of carbonyl (C=O) groups excluding carboxylic acids is 1. The number of aryl methyl sites for hydroxylation is 1. The molecule has 150 valence electrons. The van der Waals surface area contributed by atoms with Crippen LogP contribution in [0.25, 0.3) is 5.65 Å². The van der Waals surface area contributed by atoms with E-state index < -0.39 is 5.82 Å². The van der Waals surface area contributed by atoms with Gasteiger partial charge in [0.25, 0.3) is 0 Å². The number of anilines is 3. The molecular weight excluding hydrogens is 373 g/mol. The molecule has 2 aliphatic rings. The van der Waals surface area contributed by atoms with Gasteiger partial charge in [0, 0.05) is 68.6 Å². The normalized spacial score (nSPS) is 16.3. The van der Waals surface area contributed by atoms with Gasteiger partial charge in [-0.05, 0) is 19.4 Å². The lowest BCUT2D eigenvalue weighted by molar-refractivity contribution is 0.257. The minimum Gasteiger partial charge on any atom is -0.369 e. The van der Waals surface area contributed by atoms with Crippen molar-refractivity contribution in [2.45, 2.75) is 13.3 Å². The van der Waals surface area contributed by atoms with Crippen LogP contribution in [0, 0.1) is 12.7 Å². The summed E-state index contributed by atoms with van der Waals surface area (Å²) in [4.78, 5) is 25.5. The second-order valence-corrected chi connectivity index (χ2v) is 7.38. The van der Waals surface area contributed by atoms with Gasteiger partial charge in [0.15, 0.2) is 5.82 Å². The van der Waals surface area contributed by atoms with Gasteiger partial charge in [-0.25, -0.2) is 19.2 Å². The molecule has 0 aliphatic carbocycles. The minimum absolute atomic E-state index is 0.117. The van der Waals surface area contributed by atoms with Gasteiger partial charge in [0.1, 0.15) is 11.5 Å². The van der Waals surface area contributed by atoms with Crippen LogP contribution in [-0.2, 0) is 6.42 Å². The zero-order chi connectivity index (χ0) is 20.0. The Hall–Kier alpha value is -3.20. The van der Waals surface area contributed by atoms with E-state index in [1.54, 1.807) is 27.9 Å².